The maximum atomic E-state index is 10.8. The molecule has 0 fully saturated rings. The second-order valence-electron chi connectivity index (χ2n) is 5.05. The number of nitro groups is 1. The summed E-state index contributed by atoms with van der Waals surface area (Å²) in [6.45, 7) is 2.27. The average molecular weight is 329 g/mol. The first-order valence-corrected chi connectivity index (χ1v) is 7.76. The Bertz CT molecular complexity index is 1030. The first-order valence-electron chi connectivity index (χ1n) is 6.88. The van der Waals surface area contributed by atoms with Crippen molar-refractivity contribution < 1.29 is 4.92 Å². The summed E-state index contributed by atoms with van der Waals surface area (Å²) in [7, 11) is 0. The molecule has 0 aliphatic heterocycles. The first kappa shape index (κ1) is 13.8. The second-order valence-corrected chi connectivity index (χ2v) is 5.95. The number of hydrogen-bond acceptors (Lipinski definition) is 7. The minimum Gasteiger partial charge on any atom is -0.358 e. The molecule has 0 radical (unpaired) electrons. The van der Waals surface area contributed by atoms with Gasteiger partial charge in [0.05, 0.1) is 28.8 Å². The Morgan fingerprint density at radius 3 is 3.04 bits per heavy atom. The molecule has 0 bridgehead atoms. The third-order valence-corrected chi connectivity index (χ3v) is 4.37. The summed E-state index contributed by atoms with van der Waals surface area (Å²) in [6, 6.07) is 3.43. The molecule has 0 saturated carbocycles. The van der Waals surface area contributed by atoms with Gasteiger partial charge in [-0.3, -0.25) is 0 Å². The minimum atomic E-state index is -0.494. The van der Waals surface area contributed by atoms with E-state index in [-0.39, 0.29) is 5.82 Å². The van der Waals surface area contributed by atoms with Crippen molar-refractivity contribution in [3.8, 4) is 0 Å². The standard InChI is InChI=1S/C13H11N7O2S/c1-8-6-11(20(21)22)17-18(8)4-2-10-15-12-9-3-5-23-13(9)14-7-19(12)16-10/h3,5-7H,2,4H2,1H3. The lowest BCUT2D eigenvalue weighted by atomic mass is 10.4. The number of aryl methyl sites for hydroxylation is 3. The molecular formula is C13H11N7O2S. The van der Waals surface area contributed by atoms with Gasteiger partial charge in [-0.2, -0.15) is 4.68 Å². The molecule has 0 amide bonds. The van der Waals surface area contributed by atoms with E-state index in [1.807, 2.05) is 11.4 Å². The van der Waals surface area contributed by atoms with Gasteiger partial charge in [-0.25, -0.2) is 14.5 Å². The van der Waals surface area contributed by atoms with Crippen molar-refractivity contribution in [2.75, 3.05) is 0 Å². The van der Waals surface area contributed by atoms with Crippen LogP contribution in [0.25, 0.3) is 15.9 Å². The van der Waals surface area contributed by atoms with Crippen LogP contribution in [0, 0.1) is 17.0 Å². The Hall–Kier alpha value is -2.88. The molecule has 0 unspecified atom stereocenters. The fraction of sp³-hybridized carbons (Fsp3) is 0.231. The Morgan fingerprint density at radius 1 is 1.39 bits per heavy atom. The Balaban J connectivity index is 1.61. The molecule has 0 spiro atoms. The zero-order chi connectivity index (χ0) is 16.0. The number of nitrogens with zero attached hydrogens (tertiary/aromatic N) is 7. The van der Waals surface area contributed by atoms with Crippen LogP contribution in [0.5, 0.6) is 0 Å². The van der Waals surface area contributed by atoms with Gasteiger partial charge in [-0.15, -0.1) is 16.4 Å². The lowest BCUT2D eigenvalue weighted by Crippen LogP contribution is -2.06. The quantitative estimate of drug-likeness (QED) is 0.419. The molecule has 0 aliphatic rings. The number of aromatic nitrogens is 6. The predicted octanol–water partition coefficient (Wildman–Crippen LogP) is 1.99. The molecule has 9 nitrogen and oxygen atoms in total. The van der Waals surface area contributed by atoms with Crippen LogP contribution in [-0.2, 0) is 13.0 Å². The largest absolute Gasteiger partial charge is 0.390 e. The molecule has 4 aromatic rings. The van der Waals surface area contributed by atoms with Crippen molar-refractivity contribution in [2.45, 2.75) is 19.9 Å². The predicted molar refractivity (Wildman–Crippen MR) is 83.5 cm³/mol. The van der Waals surface area contributed by atoms with Crippen LogP contribution in [-0.4, -0.2) is 34.3 Å². The molecule has 4 heterocycles. The van der Waals surface area contributed by atoms with Gasteiger partial charge in [-0.05, 0) is 23.3 Å². The van der Waals surface area contributed by atoms with Crippen molar-refractivity contribution >= 4 is 33.0 Å². The highest BCUT2D eigenvalue weighted by Crippen LogP contribution is 2.21. The summed E-state index contributed by atoms with van der Waals surface area (Å²) in [4.78, 5) is 20.1. The van der Waals surface area contributed by atoms with Crippen LogP contribution in [0.4, 0.5) is 5.82 Å². The van der Waals surface area contributed by atoms with Gasteiger partial charge in [-0.1, -0.05) is 0 Å². The summed E-state index contributed by atoms with van der Waals surface area (Å²) in [5.74, 6) is 0.512. The van der Waals surface area contributed by atoms with Gasteiger partial charge in [0.25, 0.3) is 0 Å². The molecule has 10 heteroatoms. The van der Waals surface area contributed by atoms with E-state index in [0.717, 1.165) is 21.6 Å². The highest BCUT2D eigenvalue weighted by Gasteiger charge is 2.16. The van der Waals surface area contributed by atoms with Crippen LogP contribution in [0.2, 0.25) is 0 Å². The van der Waals surface area contributed by atoms with E-state index >= 15 is 0 Å². The van der Waals surface area contributed by atoms with Crippen LogP contribution in [0.15, 0.2) is 23.8 Å². The smallest absolute Gasteiger partial charge is 0.358 e. The van der Waals surface area contributed by atoms with Crippen LogP contribution < -0.4 is 0 Å². The fourth-order valence-corrected chi connectivity index (χ4v) is 3.16. The van der Waals surface area contributed by atoms with Crippen molar-refractivity contribution in [3.63, 3.8) is 0 Å². The van der Waals surface area contributed by atoms with Gasteiger partial charge in [0.2, 0.25) is 0 Å². The van der Waals surface area contributed by atoms with E-state index in [1.165, 1.54) is 6.07 Å². The molecule has 23 heavy (non-hydrogen) atoms. The van der Waals surface area contributed by atoms with Gasteiger partial charge in [0, 0.05) is 6.42 Å². The van der Waals surface area contributed by atoms with E-state index in [9.17, 15) is 10.1 Å². The van der Waals surface area contributed by atoms with E-state index in [2.05, 4.69) is 20.2 Å². The molecule has 4 aromatic heterocycles. The van der Waals surface area contributed by atoms with E-state index in [0.29, 0.717) is 18.8 Å². The summed E-state index contributed by atoms with van der Waals surface area (Å²) in [5.41, 5.74) is 1.51. The first-order chi connectivity index (χ1) is 11.1. The fourth-order valence-electron chi connectivity index (χ4n) is 2.43. The van der Waals surface area contributed by atoms with Crippen molar-refractivity contribution in [3.05, 3.63) is 45.5 Å². The molecule has 0 N–H and O–H groups in total. The Labute approximate surface area is 133 Å². The maximum Gasteiger partial charge on any atom is 0.390 e. The van der Waals surface area contributed by atoms with Gasteiger partial charge in [0.1, 0.15) is 11.2 Å². The molecule has 4 rings (SSSR count). The molecule has 116 valence electrons. The lowest BCUT2D eigenvalue weighted by Gasteiger charge is -1.95. The number of fused-ring (bicyclic) bond motifs is 3. The minimum absolute atomic E-state index is 0.144. The molecule has 0 aliphatic carbocycles. The normalized spacial score (nSPS) is 11.5. The lowest BCUT2D eigenvalue weighted by molar-refractivity contribution is -0.389. The zero-order valence-electron chi connectivity index (χ0n) is 12.1. The zero-order valence-corrected chi connectivity index (χ0v) is 12.9. The number of hydrogen-bond donors (Lipinski definition) is 0. The number of rotatable bonds is 4. The highest BCUT2D eigenvalue weighted by atomic mass is 32.1. The van der Waals surface area contributed by atoms with Crippen LogP contribution >= 0.6 is 11.3 Å². The summed E-state index contributed by atoms with van der Waals surface area (Å²) >= 11 is 1.56. The van der Waals surface area contributed by atoms with E-state index in [1.54, 1.807) is 33.8 Å². The van der Waals surface area contributed by atoms with Gasteiger partial charge < -0.3 is 10.1 Å². The Kier molecular flexibility index (Phi) is 3.05. The van der Waals surface area contributed by atoms with Gasteiger partial charge in [0.15, 0.2) is 11.5 Å². The third kappa shape index (κ3) is 2.32. The summed E-state index contributed by atoms with van der Waals surface area (Å²) < 4.78 is 3.26. The topological polar surface area (TPSA) is 104 Å². The van der Waals surface area contributed by atoms with Crippen LogP contribution in [0.3, 0.4) is 0 Å². The average Bonchev–Trinajstić information content (AvgIpc) is 3.21. The summed E-state index contributed by atoms with van der Waals surface area (Å²) in [5, 5.41) is 22.1. The molecule has 0 aromatic carbocycles. The van der Waals surface area contributed by atoms with Crippen LogP contribution in [0.1, 0.15) is 11.5 Å². The second kappa shape index (κ2) is 5.09. The SMILES string of the molecule is Cc1cc([N+](=O)[O-])nn1CCc1nc2c3ccsc3ncn2n1. The molecule has 0 atom stereocenters. The van der Waals surface area contributed by atoms with Gasteiger partial charge >= 0.3 is 5.82 Å². The monoisotopic (exact) mass is 329 g/mol. The summed E-state index contributed by atoms with van der Waals surface area (Å²) in [6.07, 6.45) is 2.18. The molecule has 0 saturated heterocycles. The van der Waals surface area contributed by atoms with E-state index < -0.39 is 4.92 Å². The maximum absolute atomic E-state index is 10.8. The Morgan fingerprint density at radius 2 is 2.26 bits per heavy atom. The molecular weight excluding hydrogens is 318 g/mol. The van der Waals surface area contributed by atoms with Crippen molar-refractivity contribution in [1.82, 2.24) is 29.4 Å². The van der Waals surface area contributed by atoms with E-state index in [4.69, 9.17) is 0 Å². The van der Waals surface area contributed by atoms with Crippen molar-refractivity contribution in [2.24, 2.45) is 0 Å². The highest BCUT2D eigenvalue weighted by molar-refractivity contribution is 7.16. The third-order valence-electron chi connectivity index (χ3n) is 3.55. The number of thiophene rings is 1. The van der Waals surface area contributed by atoms with Crippen molar-refractivity contribution in [1.29, 1.82) is 0 Å².